The van der Waals surface area contributed by atoms with Crippen molar-refractivity contribution < 1.29 is 35.5 Å². The Labute approximate surface area is 221 Å². The molecule has 7 nitrogen and oxygen atoms in total. The summed E-state index contributed by atoms with van der Waals surface area (Å²) in [4.78, 5) is 20.3. The average Bonchev–Trinajstić information content (AvgIpc) is 3.30. The molecule has 0 saturated heterocycles. The van der Waals surface area contributed by atoms with Crippen LogP contribution in [0.2, 0.25) is 0 Å². The summed E-state index contributed by atoms with van der Waals surface area (Å²) >= 11 is 1.31. The molecule has 0 radical (unpaired) electrons. The molecule has 0 saturated carbocycles. The predicted octanol–water partition coefficient (Wildman–Crippen LogP) is 5.48. The quantitative estimate of drug-likeness (QED) is 0.361. The SMILES string of the molecule is CC(C)[C@@H]1c2nc(NC(=O)Cc3ccc(S(C)(=O)=O)cc3)sc2CN1Cc1ccc(OC(F)(F)F)cc1F. The smallest absolute Gasteiger partial charge is 0.406 e. The third kappa shape index (κ3) is 6.69. The number of ether oxygens (including phenoxy) is 1. The molecule has 4 rings (SSSR count). The second kappa shape index (κ2) is 10.6. The van der Waals surface area contributed by atoms with Gasteiger partial charge in [-0.25, -0.2) is 17.8 Å². The molecule has 38 heavy (non-hydrogen) atoms. The lowest BCUT2D eigenvalue weighted by Gasteiger charge is -2.28. The van der Waals surface area contributed by atoms with Gasteiger partial charge in [0.1, 0.15) is 11.6 Å². The van der Waals surface area contributed by atoms with Gasteiger partial charge < -0.3 is 10.1 Å². The third-order valence-electron chi connectivity index (χ3n) is 5.97. The molecule has 1 amide bonds. The van der Waals surface area contributed by atoms with Gasteiger partial charge in [-0.05, 0) is 29.7 Å². The van der Waals surface area contributed by atoms with Crippen LogP contribution in [0.25, 0.3) is 0 Å². The number of hydrogen-bond acceptors (Lipinski definition) is 7. The molecule has 1 N–H and O–H groups in total. The number of rotatable bonds is 8. The van der Waals surface area contributed by atoms with E-state index in [4.69, 9.17) is 0 Å². The van der Waals surface area contributed by atoms with E-state index in [2.05, 4.69) is 15.0 Å². The Bertz CT molecular complexity index is 1440. The van der Waals surface area contributed by atoms with Crippen molar-refractivity contribution in [1.82, 2.24) is 9.88 Å². The molecule has 204 valence electrons. The maximum Gasteiger partial charge on any atom is 0.573 e. The third-order valence-corrected chi connectivity index (χ3v) is 8.07. The first-order chi connectivity index (χ1) is 17.7. The molecule has 0 spiro atoms. The maximum atomic E-state index is 14.6. The predicted molar refractivity (Wildman–Crippen MR) is 134 cm³/mol. The second-order valence-electron chi connectivity index (χ2n) is 9.36. The van der Waals surface area contributed by atoms with Crippen LogP contribution in [0.15, 0.2) is 47.4 Å². The Hall–Kier alpha value is -3.03. The zero-order chi connectivity index (χ0) is 27.8. The molecule has 2 heterocycles. The van der Waals surface area contributed by atoms with E-state index in [1.165, 1.54) is 29.5 Å². The minimum absolute atomic E-state index is 0.0430. The normalized spacial score (nSPS) is 16.1. The highest BCUT2D eigenvalue weighted by Crippen LogP contribution is 2.43. The van der Waals surface area contributed by atoms with Crippen molar-refractivity contribution in [2.75, 3.05) is 11.6 Å². The lowest BCUT2D eigenvalue weighted by Crippen LogP contribution is -2.26. The Morgan fingerprint density at radius 2 is 1.89 bits per heavy atom. The summed E-state index contributed by atoms with van der Waals surface area (Å²) in [6.45, 7) is 4.58. The zero-order valence-electron chi connectivity index (χ0n) is 20.7. The van der Waals surface area contributed by atoms with Crippen molar-refractivity contribution in [1.29, 1.82) is 0 Å². The highest BCUT2D eigenvalue weighted by Gasteiger charge is 2.37. The van der Waals surface area contributed by atoms with E-state index in [9.17, 15) is 30.8 Å². The Morgan fingerprint density at radius 3 is 2.47 bits per heavy atom. The summed E-state index contributed by atoms with van der Waals surface area (Å²) < 4.78 is 78.8. The van der Waals surface area contributed by atoms with Gasteiger partial charge in [-0.3, -0.25) is 9.69 Å². The number of halogens is 4. The van der Waals surface area contributed by atoms with Gasteiger partial charge in [-0.15, -0.1) is 24.5 Å². The van der Waals surface area contributed by atoms with Crippen LogP contribution in [-0.4, -0.2) is 36.8 Å². The number of nitrogens with zero attached hydrogens (tertiary/aromatic N) is 2. The first kappa shape index (κ1) is 28.0. The molecule has 1 aromatic heterocycles. The topological polar surface area (TPSA) is 88.6 Å². The number of nitrogens with one attached hydrogen (secondary N) is 1. The van der Waals surface area contributed by atoms with Crippen LogP contribution in [0, 0.1) is 11.7 Å². The van der Waals surface area contributed by atoms with Gasteiger partial charge in [-0.1, -0.05) is 32.0 Å². The monoisotopic (exact) mass is 571 g/mol. The number of alkyl halides is 3. The van der Waals surface area contributed by atoms with Gasteiger partial charge in [0.2, 0.25) is 5.91 Å². The number of carbonyl (C=O) groups is 1. The lowest BCUT2D eigenvalue weighted by atomic mass is 10.0. The van der Waals surface area contributed by atoms with Crippen molar-refractivity contribution >= 4 is 32.2 Å². The van der Waals surface area contributed by atoms with Crippen LogP contribution in [0.1, 0.15) is 41.6 Å². The van der Waals surface area contributed by atoms with Crippen molar-refractivity contribution in [2.24, 2.45) is 5.92 Å². The van der Waals surface area contributed by atoms with E-state index < -0.39 is 27.8 Å². The molecule has 0 unspecified atom stereocenters. The second-order valence-corrected chi connectivity index (χ2v) is 12.5. The molecule has 2 aromatic carbocycles. The summed E-state index contributed by atoms with van der Waals surface area (Å²) in [5.41, 5.74) is 1.66. The summed E-state index contributed by atoms with van der Waals surface area (Å²) in [5, 5.41) is 3.22. The number of aromatic nitrogens is 1. The molecule has 1 atom stereocenters. The first-order valence-electron chi connectivity index (χ1n) is 11.6. The lowest BCUT2D eigenvalue weighted by molar-refractivity contribution is -0.274. The van der Waals surface area contributed by atoms with Gasteiger partial charge in [-0.2, -0.15) is 0 Å². The average molecular weight is 572 g/mol. The standard InChI is InChI=1S/C25H25F4N3O4S2/c1-14(2)23-22-20(13-32(23)12-16-6-7-17(11-19(16)26)36-25(27,28)29)37-24(31-22)30-21(33)10-15-4-8-18(9-5-15)38(3,34)35/h4-9,11,14,23H,10,12-13H2,1-3H3,(H,30,31,33)/t23-/m1/s1. The van der Waals surface area contributed by atoms with Crippen molar-refractivity contribution in [2.45, 2.75) is 50.7 Å². The van der Waals surface area contributed by atoms with Crippen LogP contribution < -0.4 is 10.1 Å². The summed E-state index contributed by atoms with van der Waals surface area (Å²) in [6.07, 6.45) is -3.75. The largest absolute Gasteiger partial charge is 0.573 e. The van der Waals surface area contributed by atoms with Gasteiger partial charge in [0, 0.05) is 35.9 Å². The van der Waals surface area contributed by atoms with Crippen molar-refractivity contribution in [3.8, 4) is 5.75 Å². The van der Waals surface area contributed by atoms with Gasteiger partial charge in [0.25, 0.3) is 0 Å². The highest BCUT2D eigenvalue weighted by atomic mass is 32.2. The van der Waals surface area contributed by atoms with Crippen LogP contribution in [0.4, 0.5) is 22.7 Å². The van der Waals surface area contributed by atoms with E-state index in [1.807, 2.05) is 18.7 Å². The minimum Gasteiger partial charge on any atom is -0.406 e. The van der Waals surface area contributed by atoms with Gasteiger partial charge in [0.15, 0.2) is 15.0 Å². The number of fused-ring (bicyclic) bond motifs is 1. The number of anilines is 1. The number of amides is 1. The Kier molecular flexibility index (Phi) is 7.82. The Morgan fingerprint density at radius 1 is 1.21 bits per heavy atom. The molecular formula is C25H25F4N3O4S2. The van der Waals surface area contributed by atoms with Crippen LogP contribution in [0.5, 0.6) is 5.75 Å². The number of hydrogen-bond donors (Lipinski definition) is 1. The van der Waals surface area contributed by atoms with Crippen LogP contribution in [0.3, 0.4) is 0 Å². The van der Waals surface area contributed by atoms with Gasteiger partial charge >= 0.3 is 6.36 Å². The number of sulfone groups is 1. The molecule has 1 aliphatic rings. The van der Waals surface area contributed by atoms with Gasteiger partial charge in [0.05, 0.1) is 23.1 Å². The van der Waals surface area contributed by atoms with Crippen LogP contribution in [-0.2, 0) is 34.1 Å². The minimum atomic E-state index is -4.90. The highest BCUT2D eigenvalue weighted by molar-refractivity contribution is 7.90. The number of thiazole rings is 1. The fourth-order valence-corrected chi connectivity index (χ4v) is 6.06. The molecular weight excluding hydrogens is 546 g/mol. The number of carbonyl (C=O) groups excluding carboxylic acids is 1. The Balaban J connectivity index is 1.42. The molecule has 0 bridgehead atoms. The van der Waals surface area contributed by atoms with Crippen molar-refractivity contribution in [3.63, 3.8) is 0 Å². The molecule has 13 heteroatoms. The van der Waals surface area contributed by atoms with E-state index in [0.717, 1.165) is 29.0 Å². The maximum absolute atomic E-state index is 14.6. The zero-order valence-corrected chi connectivity index (χ0v) is 22.3. The van der Waals surface area contributed by atoms with Crippen molar-refractivity contribution in [3.05, 3.63) is 70.0 Å². The van der Waals surface area contributed by atoms with Crippen LogP contribution >= 0.6 is 11.3 Å². The number of benzene rings is 2. The fraction of sp³-hybridized carbons (Fsp3) is 0.360. The van der Waals surface area contributed by atoms with E-state index in [1.54, 1.807) is 12.1 Å². The van der Waals surface area contributed by atoms with E-state index in [0.29, 0.717) is 17.2 Å². The van der Waals surface area contributed by atoms with E-state index >= 15 is 0 Å². The first-order valence-corrected chi connectivity index (χ1v) is 14.3. The summed E-state index contributed by atoms with van der Waals surface area (Å²) in [6, 6.07) is 9.00. The molecule has 3 aromatic rings. The fourth-order valence-electron chi connectivity index (χ4n) is 4.38. The molecule has 1 aliphatic heterocycles. The van der Waals surface area contributed by atoms with E-state index in [-0.39, 0.29) is 41.3 Å². The molecule has 0 aliphatic carbocycles. The summed E-state index contributed by atoms with van der Waals surface area (Å²) in [5.74, 6) is -1.63. The molecule has 0 fully saturated rings. The summed E-state index contributed by atoms with van der Waals surface area (Å²) in [7, 11) is -3.32.